The first-order valence-electron chi connectivity index (χ1n) is 18.1. The van der Waals surface area contributed by atoms with Crippen LogP contribution in [0.2, 0.25) is 0 Å². The molecule has 276 valence electrons. The fourth-order valence-corrected chi connectivity index (χ4v) is 6.05. The average Bonchev–Trinajstić information content (AvgIpc) is 3.10. The summed E-state index contributed by atoms with van der Waals surface area (Å²) in [5.74, 6) is 1.63. The van der Waals surface area contributed by atoms with Gasteiger partial charge in [-0.05, 0) is 90.2 Å². The number of allylic oxidation sites excluding steroid dienone is 4. The van der Waals surface area contributed by atoms with E-state index in [-0.39, 0.29) is 11.8 Å². The van der Waals surface area contributed by atoms with E-state index >= 15 is 4.39 Å². The van der Waals surface area contributed by atoms with E-state index in [1.165, 1.54) is 6.07 Å². The van der Waals surface area contributed by atoms with Crippen LogP contribution in [0, 0.1) is 19.7 Å². The van der Waals surface area contributed by atoms with Gasteiger partial charge >= 0.3 is 6.09 Å². The number of nitrogens with zero attached hydrogens (tertiary/aromatic N) is 5. The first-order chi connectivity index (χ1) is 24.8. The van der Waals surface area contributed by atoms with Gasteiger partial charge in [0.2, 0.25) is 17.1 Å². The molecule has 2 aromatic rings. The van der Waals surface area contributed by atoms with E-state index in [0.717, 1.165) is 58.6 Å². The number of hydrazone groups is 1. The Morgan fingerprint density at radius 3 is 2.67 bits per heavy atom. The van der Waals surface area contributed by atoms with E-state index in [4.69, 9.17) is 19.2 Å². The molecule has 0 bridgehead atoms. The average molecular weight is 712 g/mol. The Bertz CT molecular complexity index is 1910. The number of aryl methyl sites for hydroxylation is 2. The summed E-state index contributed by atoms with van der Waals surface area (Å²) in [4.78, 5) is 19.4. The Kier molecular flexibility index (Phi) is 12.0. The van der Waals surface area contributed by atoms with Crippen molar-refractivity contribution < 1.29 is 28.0 Å². The first kappa shape index (κ1) is 38.1. The highest BCUT2D eigenvalue weighted by molar-refractivity contribution is 6.12. The number of hydrogen-bond donors (Lipinski definition) is 1. The maximum atomic E-state index is 16.0. The minimum Gasteiger partial charge on any atom is -0.475 e. The van der Waals surface area contributed by atoms with Crippen molar-refractivity contribution in [1.29, 1.82) is 0 Å². The summed E-state index contributed by atoms with van der Waals surface area (Å²) in [5.41, 5.74) is 6.01. The second kappa shape index (κ2) is 16.4. The van der Waals surface area contributed by atoms with Crippen LogP contribution in [0.3, 0.4) is 0 Å². The molecular weight excluding hydrogens is 659 g/mol. The normalized spacial score (nSPS) is 17.3. The van der Waals surface area contributed by atoms with Gasteiger partial charge in [-0.3, -0.25) is 4.90 Å². The van der Waals surface area contributed by atoms with Crippen LogP contribution >= 0.6 is 0 Å². The SMILES string of the molecule is C/C=N\N1C=CC(Oc2cc(F)c(NC(=N/C=C/CCC)c3c(C)ccc4c3OCC3=[N+]4CCN(C(=O)OC(C)(C)C)C3)cc2C)=CC1=C(C)CC. The number of aliphatic imine (C=N–C) groups is 1. The predicted molar refractivity (Wildman–Crippen MR) is 206 cm³/mol. The highest BCUT2D eigenvalue weighted by Crippen LogP contribution is 2.38. The summed E-state index contributed by atoms with van der Waals surface area (Å²) in [5, 5.41) is 9.53. The van der Waals surface area contributed by atoms with E-state index in [0.29, 0.717) is 49.3 Å². The fraction of sp³-hybridized carbons (Fsp3) is 0.415. The molecule has 0 spiro atoms. The number of ether oxygens (including phenoxy) is 3. The third kappa shape index (κ3) is 8.81. The molecule has 0 atom stereocenters. The zero-order valence-corrected chi connectivity index (χ0v) is 32.0. The molecule has 2 aromatic carbocycles. The molecule has 0 fully saturated rings. The van der Waals surface area contributed by atoms with Crippen LogP contribution in [0.1, 0.15) is 84.4 Å². The maximum Gasteiger partial charge on any atom is 0.411 e. The van der Waals surface area contributed by atoms with Gasteiger partial charge in [-0.15, -0.1) is 0 Å². The van der Waals surface area contributed by atoms with Crippen LogP contribution in [0.15, 0.2) is 82.0 Å². The highest BCUT2D eigenvalue weighted by atomic mass is 19.1. The van der Waals surface area contributed by atoms with Crippen molar-refractivity contribution in [2.24, 2.45) is 10.1 Å². The molecule has 0 aliphatic carbocycles. The Balaban J connectivity index is 1.46. The predicted octanol–water partition coefficient (Wildman–Crippen LogP) is 9.12. The number of carbonyl (C=O) groups is 1. The summed E-state index contributed by atoms with van der Waals surface area (Å²) in [7, 11) is 0. The van der Waals surface area contributed by atoms with Crippen molar-refractivity contribution in [3.05, 3.63) is 94.4 Å². The summed E-state index contributed by atoms with van der Waals surface area (Å²) in [6.45, 7) is 19.4. The van der Waals surface area contributed by atoms with Gasteiger partial charge in [-0.25, -0.2) is 19.2 Å². The number of amidine groups is 1. The monoisotopic (exact) mass is 711 g/mol. The largest absolute Gasteiger partial charge is 0.475 e. The van der Waals surface area contributed by atoms with Crippen LogP contribution in [0.5, 0.6) is 11.5 Å². The van der Waals surface area contributed by atoms with E-state index in [1.54, 1.807) is 28.4 Å². The number of benzene rings is 2. The lowest BCUT2D eigenvalue weighted by molar-refractivity contribution is -0.453. The highest BCUT2D eigenvalue weighted by Gasteiger charge is 2.38. The molecule has 0 saturated heterocycles. The van der Waals surface area contributed by atoms with Gasteiger partial charge in [0.25, 0.3) is 0 Å². The second-order valence-electron chi connectivity index (χ2n) is 14.1. The molecule has 0 radical (unpaired) electrons. The number of unbranched alkanes of at least 4 members (excludes halogenated alkanes) is 1. The minimum atomic E-state index is -0.577. The van der Waals surface area contributed by atoms with Crippen LogP contribution in [-0.2, 0) is 4.74 Å². The molecule has 0 saturated carbocycles. The van der Waals surface area contributed by atoms with Crippen LogP contribution in [0.4, 0.5) is 20.6 Å². The lowest BCUT2D eigenvalue weighted by Crippen LogP contribution is -2.50. The summed E-state index contributed by atoms with van der Waals surface area (Å²) >= 11 is 0. The van der Waals surface area contributed by atoms with E-state index < -0.39 is 11.4 Å². The van der Waals surface area contributed by atoms with Gasteiger partial charge in [0.1, 0.15) is 35.3 Å². The minimum absolute atomic E-state index is 0.262. The van der Waals surface area contributed by atoms with Gasteiger partial charge in [0, 0.05) is 36.8 Å². The molecule has 1 N–H and O–H groups in total. The third-order valence-corrected chi connectivity index (χ3v) is 8.88. The molecule has 10 nitrogen and oxygen atoms in total. The summed E-state index contributed by atoms with van der Waals surface area (Å²) in [6, 6.07) is 7.19. The molecule has 11 heteroatoms. The zero-order valence-electron chi connectivity index (χ0n) is 32.0. The first-order valence-corrected chi connectivity index (χ1v) is 18.1. The Labute approximate surface area is 307 Å². The smallest absolute Gasteiger partial charge is 0.411 e. The molecule has 3 aliphatic heterocycles. The lowest BCUT2D eigenvalue weighted by Gasteiger charge is -2.31. The second-order valence-corrected chi connectivity index (χ2v) is 14.1. The van der Waals surface area contributed by atoms with Crippen molar-refractivity contribution in [3.63, 3.8) is 0 Å². The quantitative estimate of drug-likeness (QED) is 0.159. The number of amides is 1. The van der Waals surface area contributed by atoms with E-state index in [1.807, 2.05) is 78.1 Å². The van der Waals surface area contributed by atoms with Gasteiger partial charge in [-0.2, -0.15) is 9.68 Å². The molecule has 3 aliphatic rings. The maximum absolute atomic E-state index is 16.0. The molecule has 0 aromatic heterocycles. The van der Waals surface area contributed by atoms with Gasteiger partial charge in [0.05, 0.1) is 23.5 Å². The molecule has 0 unspecified atom stereocenters. The van der Waals surface area contributed by atoms with E-state index in [9.17, 15) is 4.79 Å². The van der Waals surface area contributed by atoms with Crippen molar-refractivity contribution >= 4 is 35.2 Å². The van der Waals surface area contributed by atoms with Crippen LogP contribution in [0.25, 0.3) is 0 Å². The Hall–Kier alpha value is -5.19. The number of anilines is 1. The van der Waals surface area contributed by atoms with Crippen molar-refractivity contribution in [2.75, 3.05) is 31.6 Å². The third-order valence-electron chi connectivity index (χ3n) is 8.88. The topological polar surface area (TPSA) is 91.0 Å². The fourth-order valence-electron chi connectivity index (χ4n) is 6.05. The number of fused-ring (bicyclic) bond motifs is 2. The van der Waals surface area contributed by atoms with Gasteiger partial charge in [-0.1, -0.05) is 32.4 Å². The van der Waals surface area contributed by atoms with E-state index in [2.05, 4.69) is 35.8 Å². The Morgan fingerprint density at radius 1 is 1.17 bits per heavy atom. The summed E-state index contributed by atoms with van der Waals surface area (Å²) in [6.07, 6.45) is 13.4. The van der Waals surface area contributed by atoms with Crippen molar-refractivity contribution in [3.8, 4) is 11.5 Å². The molecule has 3 heterocycles. The van der Waals surface area contributed by atoms with Gasteiger partial charge < -0.3 is 19.5 Å². The number of rotatable bonds is 9. The Morgan fingerprint density at radius 2 is 1.96 bits per heavy atom. The number of halogens is 1. The molecular formula is C41H52FN6O4+. The standard InChI is InChI=1S/C41H52FN6O4/c1-10-13-14-18-43-39(37-28(5)15-16-34-38(37)50-26-30-25-46(20-21-47(30)34)40(49)52-41(7,8)9)45-33-22-29(6)36(24-32(33)42)51-31-17-19-48(44-12-3)35(23-31)27(4)11-2/h12,14-19,22-24H,10-11,13,20-21,25-26H2,1-9H3,(H,43,45)/q+1/b18-14+,35-27?,44-12-. The molecule has 1 amide bonds. The zero-order chi connectivity index (χ0) is 37.6. The number of carbonyl (C=O) groups excluding carboxylic acids is 1. The van der Waals surface area contributed by atoms with Crippen LogP contribution < -0.4 is 14.8 Å². The lowest BCUT2D eigenvalue weighted by atomic mass is 10.0. The van der Waals surface area contributed by atoms with Crippen molar-refractivity contribution in [2.45, 2.75) is 87.2 Å². The molecule has 5 rings (SSSR count). The summed E-state index contributed by atoms with van der Waals surface area (Å²) < 4.78 is 36.5. The number of nitrogens with one attached hydrogen (secondary N) is 1. The molecule has 52 heavy (non-hydrogen) atoms. The van der Waals surface area contributed by atoms with Crippen LogP contribution in [-0.4, -0.2) is 70.2 Å². The number of hydrogen-bond acceptors (Lipinski definition) is 7. The van der Waals surface area contributed by atoms with Crippen molar-refractivity contribution in [1.82, 2.24) is 9.91 Å². The van der Waals surface area contributed by atoms with Gasteiger partial charge in [0.15, 0.2) is 13.2 Å².